The van der Waals surface area contributed by atoms with Crippen molar-refractivity contribution in [3.05, 3.63) is 60.6 Å². The molecule has 2 aliphatic rings. The molecule has 5 heterocycles. The third-order valence-electron chi connectivity index (χ3n) is 6.63. The van der Waals surface area contributed by atoms with Crippen molar-refractivity contribution in [1.82, 2.24) is 25.1 Å². The summed E-state index contributed by atoms with van der Waals surface area (Å²) in [6.07, 6.45) is 9.46. The number of nitrogens with zero attached hydrogens (tertiary/aromatic N) is 4. The number of fused-ring (bicyclic) bond motifs is 2. The third kappa shape index (κ3) is 3.54. The molecule has 0 aliphatic carbocycles. The van der Waals surface area contributed by atoms with Gasteiger partial charge < -0.3 is 10.1 Å². The summed E-state index contributed by atoms with van der Waals surface area (Å²) >= 11 is 0. The average molecular weight is 426 g/mol. The fourth-order valence-electron chi connectivity index (χ4n) is 5.06. The zero-order valence-electron chi connectivity index (χ0n) is 18.1. The van der Waals surface area contributed by atoms with E-state index in [2.05, 4.69) is 44.2 Å². The van der Waals surface area contributed by atoms with Crippen LogP contribution < -0.4 is 10.1 Å². The lowest BCUT2D eigenvalue weighted by Gasteiger charge is -2.13. The summed E-state index contributed by atoms with van der Waals surface area (Å²) in [6.45, 7) is 2.82. The van der Waals surface area contributed by atoms with Crippen molar-refractivity contribution in [3.63, 3.8) is 0 Å². The van der Waals surface area contributed by atoms with Gasteiger partial charge in [-0.2, -0.15) is 5.10 Å². The van der Waals surface area contributed by atoms with E-state index >= 15 is 0 Å². The Morgan fingerprint density at radius 2 is 2.06 bits per heavy atom. The Bertz CT molecular complexity index is 1240. The quantitative estimate of drug-likeness (QED) is 0.488. The highest BCUT2D eigenvalue weighted by molar-refractivity contribution is 5.99. The minimum atomic E-state index is 0.592. The van der Waals surface area contributed by atoms with Gasteiger partial charge in [-0.25, -0.2) is 0 Å². The molecule has 0 spiro atoms. The summed E-state index contributed by atoms with van der Waals surface area (Å²) in [4.78, 5) is 9.25. The number of ether oxygens (including phenoxy) is 1. The van der Waals surface area contributed by atoms with Gasteiger partial charge in [0.2, 0.25) is 0 Å². The minimum absolute atomic E-state index is 0.592. The van der Waals surface area contributed by atoms with Crippen molar-refractivity contribution in [2.24, 2.45) is 0 Å². The molecule has 6 rings (SSSR count). The van der Waals surface area contributed by atoms with E-state index in [0.717, 1.165) is 67.0 Å². The molecule has 0 radical (unpaired) electrons. The molecule has 6 heteroatoms. The number of nitrogens with one attached hydrogen (secondary N) is 1. The summed E-state index contributed by atoms with van der Waals surface area (Å²) in [7, 11) is 0. The molecule has 2 aliphatic heterocycles. The molecule has 1 fully saturated rings. The van der Waals surface area contributed by atoms with Gasteiger partial charge in [-0.3, -0.25) is 14.6 Å². The van der Waals surface area contributed by atoms with E-state index in [1.54, 1.807) is 0 Å². The first-order valence-corrected chi connectivity index (χ1v) is 11.6. The Morgan fingerprint density at radius 1 is 1.06 bits per heavy atom. The second-order valence-corrected chi connectivity index (χ2v) is 8.68. The van der Waals surface area contributed by atoms with Gasteiger partial charge in [0.25, 0.3) is 0 Å². The van der Waals surface area contributed by atoms with Gasteiger partial charge >= 0.3 is 0 Å². The highest BCUT2D eigenvalue weighted by Crippen LogP contribution is 2.40. The van der Waals surface area contributed by atoms with Gasteiger partial charge in [-0.05, 0) is 74.5 Å². The molecule has 0 saturated carbocycles. The summed E-state index contributed by atoms with van der Waals surface area (Å²) in [6, 6.07) is 15.0. The zero-order valence-corrected chi connectivity index (χ0v) is 18.1. The summed E-state index contributed by atoms with van der Waals surface area (Å²) < 4.78 is 8.22. The third-order valence-corrected chi connectivity index (χ3v) is 6.63. The van der Waals surface area contributed by atoms with E-state index in [1.165, 1.54) is 29.7 Å². The fourth-order valence-corrected chi connectivity index (χ4v) is 5.06. The second kappa shape index (κ2) is 8.36. The lowest BCUT2D eigenvalue weighted by molar-refractivity contribution is 0.292. The van der Waals surface area contributed by atoms with Crippen molar-refractivity contribution in [1.29, 1.82) is 0 Å². The van der Waals surface area contributed by atoms with Crippen LogP contribution in [0.3, 0.4) is 0 Å². The number of hydrogen-bond acceptors (Lipinski definition) is 5. The number of rotatable bonds is 6. The fraction of sp³-hybridized carbons (Fsp3) is 0.346. The lowest BCUT2D eigenvalue weighted by atomic mass is 9.96. The van der Waals surface area contributed by atoms with Crippen LogP contribution in [0.1, 0.15) is 31.4 Å². The number of benzene rings is 1. The van der Waals surface area contributed by atoms with Gasteiger partial charge in [0.05, 0.1) is 17.8 Å². The highest BCUT2D eigenvalue weighted by Gasteiger charge is 2.25. The van der Waals surface area contributed by atoms with Crippen LogP contribution in [0.4, 0.5) is 0 Å². The number of aryl methyl sites for hydroxylation is 1. The van der Waals surface area contributed by atoms with Crippen LogP contribution >= 0.6 is 0 Å². The van der Waals surface area contributed by atoms with Gasteiger partial charge in [0.1, 0.15) is 11.4 Å². The molecule has 32 heavy (non-hydrogen) atoms. The summed E-state index contributed by atoms with van der Waals surface area (Å²) in [5.41, 5.74) is 6.47. The standard InChI is InChI=1S/C26H27N5O/c1-2-12-28-22(6-1)26-25(24-7-4-15-31(24)30-26)21-10-14-29-23-17-19(8-9-20(21)23)32-16-11-18-5-3-13-27-18/h1-2,6,8-10,12,14,17-18,27H,3-5,7,11,13,15-16H2. The van der Waals surface area contributed by atoms with Crippen molar-refractivity contribution in [3.8, 4) is 28.3 Å². The Balaban J connectivity index is 1.36. The molecule has 1 N–H and O–H groups in total. The minimum Gasteiger partial charge on any atom is -0.493 e. The van der Waals surface area contributed by atoms with Gasteiger partial charge in [0, 0.05) is 47.7 Å². The van der Waals surface area contributed by atoms with Gasteiger partial charge in [-0.1, -0.05) is 6.07 Å². The van der Waals surface area contributed by atoms with E-state index in [-0.39, 0.29) is 0 Å². The van der Waals surface area contributed by atoms with Crippen molar-refractivity contribution < 1.29 is 4.74 Å². The molecule has 0 amide bonds. The van der Waals surface area contributed by atoms with Crippen LogP contribution in [0.5, 0.6) is 5.75 Å². The first-order chi connectivity index (χ1) is 15.9. The summed E-state index contributed by atoms with van der Waals surface area (Å²) in [5, 5.41) is 9.59. The number of pyridine rings is 2. The smallest absolute Gasteiger partial charge is 0.121 e. The van der Waals surface area contributed by atoms with Crippen LogP contribution in [0, 0.1) is 0 Å². The molecule has 4 aromatic rings. The zero-order chi connectivity index (χ0) is 21.3. The predicted molar refractivity (Wildman–Crippen MR) is 126 cm³/mol. The van der Waals surface area contributed by atoms with E-state index < -0.39 is 0 Å². The number of hydrogen-bond donors (Lipinski definition) is 1. The van der Waals surface area contributed by atoms with E-state index in [1.807, 2.05) is 30.6 Å². The first-order valence-electron chi connectivity index (χ1n) is 11.6. The monoisotopic (exact) mass is 425 g/mol. The Labute approximate surface area is 187 Å². The maximum Gasteiger partial charge on any atom is 0.121 e. The van der Waals surface area contributed by atoms with Crippen LogP contribution in [0.2, 0.25) is 0 Å². The van der Waals surface area contributed by atoms with Crippen molar-refractivity contribution in [2.45, 2.75) is 44.7 Å². The van der Waals surface area contributed by atoms with E-state index in [9.17, 15) is 0 Å². The van der Waals surface area contributed by atoms with Crippen LogP contribution in [0.15, 0.2) is 54.9 Å². The number of aromatic nitrogens is 4. The lowest BCUT2D eigenvalue weighted by Crippen LogP contribution is -2.23. The molecule has 3 aromatic heterocycles. The topological polar surface area (TPSA) is 64.9 Å². The molecule has 0 bridgehead atoms. The highest BCUT2D eigenvalue weighted by atomic mass is 16.5. The van der Waals surface area contributed by atoms with Crippen molar-refractivity contribution in [2.75, 3.05) is 13.2 Å². The summed E-state index contributed by atoms with van der Waals surface area (Å²) in [5.74, 6) is 0.880. The van der Waals surface area contributed by atoms with E-state index in [0.29, 0.717) is 6.04 Å². The second-order valence-electron chi connectivity index (χ2n) is 8.68. The molecule has 1 unspecified atom stereocenters. The SMILES string of the molecule is c1ccc(-c2nn3c(c2-c2ccnc4cc(OCCC5CCCN5)ccc24)CCC3)nc1. The van der Waals surface area contributed by atoms with Crippen molar-refractivity contribution >= 4 is 10.9 Å². The normalized spacial score (nSPS) is 17.7. The Hall–Kier alpha value is -3.25. The largest absolute Gasteiger partial charge is 0.493 e. The molecule has 162 valence electrons. The molecule has 1 atom stereocenters. The average Bonchev–Trinajstić information content (AvgIpc) is 3.57. The Morgan fingerprint density at radius 3 is 2.94 bits per heavy atom. The van der Waals surface area contributed by atoms with Crippen LogP contribution in [-0.2, 0) is 13.0 Å². The van der Waals surface area contributed by atoms with Gasteiger partial charge in [-0.15, -0.1) is 0 Å². The van der Waals surface area contributed by atoms with Gasteiger partial charge in [0.15, 0.2) is 0 Å². The maximum atomic E-state index is 6.07. The Kier molecular flexibility index (Phi) is 5.07. The molecule has 1 saturated heterocycles. The molecule has 1 aromatic carbocycles. The maximum absolute atomic E-state index is 6.07. The first kappa shape index (κ1) is 19.4. The van der Waals surface area contributed by atoms with Crippen LogP contribution in [-0.4, -0.2) is 38.9 Å². The van der Waals surface area contributed by atoms with Crippen LogP contribution in [0.25, 0.3) is 33.4 Å². The molecular weight excluding hydrogens is 398 g/mol. The molecular formula is C26H27N5O. The van der Waals surface area contributed by atoms with E-state index in [4.69, 9.17) is 9.84 Å². The predicted octanol–water partition coefficient (Wildman–Crippen LogP) is 4.63. The molecule has 6 nitrogen and oxygen atoms in total.